The van der Waals surface area contributed by atoms with Gasteiger partial charge in [-0.25, -0.2) is 0 Å². The summed E-state index contributed by atoms with van der Waals surface area (Å²) >= 11 is 0. The lowest BCUT2D eigenvalue weighted by atomic mass is 10.0. The van der Waals surface area contributed by atoms with Crippen LogP contribution in [0.25, 0.3) is 0 Å². The summed E-state index contributed by atoms with van der Waals surface area (Å²) < 4.78 is 6.03. The van der Waals surface area contributed by atoms with E-state index in [-0.39, 0.29) is 23.8 Å². The SMILES string of the molecule is C#CCCC1(CCC(=O)NC[C@@H]2CC[C@H](c3ccccc3)O2)N=N1. The minimum Gasteiger partial charge on any atom is -0.368 e. The Morgan fingerprint density at radius 2 is 2.08 bits per heavy atom. The molecule has 0 bridgehead atoms. The highest BCUT2D eigenvalue weighted by Crippen LogP contribution is 2.37. The van der Waals surface area contributed by atoms with Crippen LogP contribution in [0.3, 0.4) is 0 Å². The van der Waals surface area contributed by atoms with E-state index in [1.807, 2.05) is 18.2 Å². The summed E-state index contributed by atoms with van der Waals surface area (Å²) in [6.45, 7) is 0.563. The Bertz CT molecular complexity index is 630. The zero-order valence-electron chi connectivity index (χ0n) is 13.8. The van der Waals surface area contributed by atoms with Gasteiger partial charge in [0.1, 0.15) is 0 Å². The maximum atomic E-state index is 12.0. The summed E-state index contributed by atoms with van der Waals surface area (Å²) in [6.07, 6.45) is 9.90. The monoisotopic (exact) mass is 325 g/mol. The number of ether oxygens (including phenoxy) is 1. The molecule has 1 fully saturated rings. The molecule has 2 heterocycles. The Labute approximate surface area is 142 Å². The molecular formula is C19H23N3O2. The van der Waals surface area contributed by atoms with E-state index in [0.29, 0.717) is 25.8 Å². The van der Waals surface area contributed by atoms with E-state index in [0.717, 1.165) is 19.3 Å². The third kappa shape index (κ3) is 4.42. The van der Waals surface area contributed by atoms with Gasteiger partial charge in [-0.2, -0.15) is 10.2 Å². The van der Waals surface area contributed by atoms with E-state index in [9.17, 15) is 4.79 Å². The number of rotatable bonds is 8. The van der Waals surface area contributed by atoms with Crippen molar-refractivity contribution in [3.05, 3.63) is 35.9 Å². The Morgan fingerprint density at radius 3 is 2.79 bits per heavy atom. The zero-order chi connectivity index (χ0) is 16.8. The molecule has 1 N–H and O–H groups in total. The van der Waals surface area contributed by atoms with E-state index in [4.69, 9.17) is 11.2 Å². The van der Waals surface area contributed by atoms with Crippen molar-refractivity contribution in [1.82, 2.24) is 5.32 Å². The molecule has 2 atom stereocenters. The highest BCUT2D eigenvalue weighted by atomic mass is 16.5. The van der Waals surface area contributed by atoms with Gasteiger partial charge in [0.2, 0.25) is 5.91 Å². The lowest BCUT2D eigenvalue weighted by Crippen LogP contribution is -2.32. The lowest BCUT2D eigenvalue weighted by Gasteiger charge is -2.15. The number of carbonyl (C=O) groups excluding carboxylic acids is 1. The van der Waals surface area contributed by atoms with E-state index < -0.39 is 0 Å². The smallest absolute Gasteiger partial charge is 0.220 e. The van der Waals surface area contributed by atoms with Crippen LogP contribution in [0.5, 0.6) is 0 Å². The molecule has 2 aliphatic heterocycles. The predicted molar refractivity (Wildman–Crippen MR) is 91.2 cm³/mol. The maximum Gasteiger partial charge on any atom is 0.220 e. The lowest BCUT2D eigenvalue weighted by molar-refractivity contribution is -0.122. The first-order valence-corrected chi connectivity index (χ1v) is 8.55. The standard InChI is InChI=1S/C19H23N3O2/c1-2-3-12-19(21-22-19)13-11-18(23)20-14-16-9-10-17(24-16)15-7-5-4-6-8-15/h1,4-8,16-17H,3,9-14H2,(H,20,23)/t16-,17+/m0/s1. The van der Waals surface area contributed by atoms with Crippen molar-refractivity contribution < 1.29 is 9.53 Å². The summed E-state index contributed by atoms with van der Waals surface area (Å²) in [7, 11) is 0. The molecule has 0 aliphatic carbocycles. The number of hydrogen-bond donors (Lipinski definition) is 1. The van der Waals surface area contributed by atoms with E-state index in [2.05, 4.69) is 33.6 Å². The van der Waals surface area contributed by atoms with Crippen LogP contribution < -0.4 is 5.32 Å². The van der Waals surface area contributed by atoms with E-state index >= 15 is 0 Å². The Kier molecular flexibility index (Phi) is 5.27. The van der Waals surface area contributed by atoms with Crippen LogP contribution in [0.1, 0.15) is 50.2 Å². The quantitative estimate of drug-likeness (QED) is 0.745. The van der Waals surface area contributed by atoms with Gasteiger partial charge in [0, 0.05) is 32.2 Å². The van der Waals surface area contributed by atoms with Gasteiger partial charge in [0.15, 0.2) is 5.66 Å². The molecule has 1 aromatic rings. The number of nitrogens with one attached hydrogen (secondary N) is 1. The largest absolute Gasteiger partial charge is 0.368 e. The molecule has 0 aromatic heterocycles. The van der Waals surface area contributed by atoms with Gasteiger partial charge in [-0.05, 0) is 18.4 Å². The molecule has 1 amide bonds. The topological polar surface area (TPSA) is 63.0 Å². The molecule has 5 nitrogen and oxygen atoms in total. The fourth-order valence-corrected chi connectivity index (χ4v) is 3.07. The average molecular weight is 325 g/mol. The summed E-state index contributed by atoms with van der Waals surface area (Å²) in [5.74, 6) is 2.62. The van der Waals surface area contributed by atoms with Crippen LogP contribution in [0.4, 0.5) is 0 Å². The van der Waals surface area contributed by atoms with Crippen LogP contribution in [-0.4, -0.2) is 24.2 Å². The van der Waals surface area contributed by atoms with Crippen molar-refractivity contribution >= 4 is 5.91 Å². The molecule has 126 valence electrons. The Hall–Kier alpha value is -2.19. The molecule has 0 radical (unpaired) electrons. The molecule has 1 saturated heterocycles. The van der Waals surface area contributed by atoms with Crippen LogP contribution in [0.15, 0.2) is 40.6 Å². The second-order valence-electron chi connectivity index (χ2n) is 6.43. The number of benzene rings is 1. The molecule has 0 spiro atoms. The van der Waals surface area contributed by atoms with Crippen LogP contribution >= 0.6 is 0 Å². The summed E-state index contributed by atoms with van der Waals surface area (Å²) in [5, 5.41) is 11.1. The molecule has 0 saturated carbocycles. The minimum atomic E-state index is -0.383. The summed E-state index contributed by atoms with van der Waals surface area (Å²) in [5.41, 5.74) is 0.824. The predicted octanol–water partition coefficient (Wildman–Crippen LogP) is 3.38. The van der Waals surface area contributed by atoms with Gasteiger partial charge < -0.3 is 10.1 Å². The van der Waals surface area contributed by atoms with Crippen LogP contribution in [0, 0.1) is 12.3 Å². The zero-order valence-corrected chi connectivity index (χ0v) is 13.8. The van der Waals surface area contributed by atoms with E-state index in [1.165, 1.54) is 5.56 Å². The third-order valence-electron chi connectivity index (χ3n) is 4.61. The van der Waals surface area contributed by atoms with Gasteiger partial charge in [-0.15, -0.1) is 12.3 Å². The third-order valence-corrected chi connectivity index (χ3v) is 4.61. The van der Waals surface area contributed by atoms with Crippen molar-refractivity contribution in [2.75, 3.05) is 6.54 Å². The van der Waals surface area contributed by atoms with Gasteiger partial charge in [-0.3, -0.25) is 4.79 Å². The van der Waals surface area contributed by atoms with Crippen molar-refractivity contribution in [3.8, 4) is 12.3 Å². The first-order valence-electron chi connectivity index (χ1n) is 8.55. The number of amides is 1. The van der Waals surface area contributed by atoms with Gasteiger partial charge >= 0.3 is 0 Å². The van der Waals surface area contributed by atoms with Crippen LogP contribution in [0.2, 0.25) is 0 Å². The van der Waals surface area contributed by atoms with Crippen molar-refractivity contribution in [2.24, 2.45) is 10.2 Å². The average Bonchev–Trinajstić information content (AvgIpc) is 3.23. The number of hydrogen-bond acceptors (Lipinski definition) is 4. The second kappa shape index (κ2) is 7.59. The Balaban J connectivity index is 1.35. The van der Waals surface area contributed by atoms with Gasteiger partial charge in [0.05, 0.1) is 12.2 Å². The normalized spacial score (nSPS) is 23.6. The number of nitrogens with zero attached hydrogens (tertiary/aromatic N) is 2. The van der Waals surface area contributed by atoms with Crippen LogP contribution in [-0.2, 0) is 9.53 Å². The number of terminal acetylenes is 1. The molecule has 3 rings (SSSR count). The highest BCUT2D eigenvalue weighted by Gasteiger charge is 2.39. The number of carbonyl (C=O) groups is 1. The molecule has 24 heavy (non-hydrogen) atoms. The second-order valence-corrected chi connectivity index (χ2v) is 6.43. The van der Waals surface area contributed by atoms with Crippen molar-refractivity contribution in [1.29, 1.82) is 0 Å². The molecular weight excluding hydrogens is 302 g/mol. The molecule has 2 aliphatic rings. The van der Waals surface area contributed by atoms with Gasteiger partial charge in [-0.1, -0.05) is 30.3 Å². The van der Waals surface area contributed by atoms with Crippen molar-refractivity contribution in [3.63, 3.8) is 0 Å². The first kappa shape index (κ1) is 16.7. The van der Waals surface area contributed by atoms with Gasteiger partial charge in [0.25, 0.3) is 0 Å². The van der Waals surface area contributed by atoms with Crippen molar-refractivity contribution in [2.45, 2.75) is 56.4 Å². The summed E-state index contributed by atoms with van der Waals surface area (Å²) in [4.78, 5) is 12.0. The molecule has 1 aromatic carbocycles. The molecule has 0 unspecified atom stereocenters. The Morgan fingerprint density at radius 1 is 1.29 bits per heavy atom. The first-order chi connectivity index (χ1) is 11.7. The molecule has 5 heteroatoms. The maximum absolute atomic E-state index is 12.0. The van der Waals surface area contributed by atoms with E-state index in [1.54, 1.807) is 0 Å². The fraction of sp³-hybridized carbons (Fsp3) is 0.526. The highest BCUT2D eigenvalue weighted by molar-refractivity contribution is 5.76. The fourth-order valence-electron chi connectivity index (χ4n) is 3.07. The summed E-state index contributed by atoms with van der Waals surface area (Å²) in [6, 6.07) is 10.2. The minimum absolute atomic E-state index is 0.0270.